The Kier molecular flexibility index (Phi) is 16.6. The van der Waals surface area contributed by atoms with Crippen molar-refractivity contribution in [2.24, 2.45) is 0 Å². The van der Waals surface area contributed by atoms with Crippen molar-refractivity contribution in [3.8, 4) is 23.3 Å². The molecule has 2 saturated carbocycles. The third kappa shape index (κ3) is 12.1. The Hall–Kier alpha value is -6.14. The molecule has 2 aliphatic carbocycles. The molecule has 4 aromatic carbocycles. The summed E-state index contributed by atoms with van der Waals surface area (Å²) >= 11 is 3.60. The van der Waals surface area contributed by atoms with Crippen LogP contribution in [0.4, 0.5) is 21.0 Å². The van der Waals surface area contributed by atoms with Gasteiger partial charge >= 0.3 is 19.3 Å². The Morgan fingerprint density at radius 2 is 1.07 bits per heavy atom. The van der Waals surface area contributed by atoms with Crippen LogP contribution < -0.4 is 15.3 Å². The summed E-state index contributed by atoms with van der Waals surface area (Å²) < 4.78 is 29.3. The maximum Gasteiger partial charge on any atom is 0.495 e. The number of aliphatic hydroxyl groups is 2. The maximum atomic E-state index is 12.9. The molecule has 16 heteroatoms. The Morgan fingerprint density at radius 1 is 0.637 bits per heavy atom. The standard InChI is InChI=1S/C29H33N3O3.C19H28BNO4.C16H17BrN2O/c1-18-14-27-24(15-19(18)16-30)25(17-32(27)20-8-10-21(33)11-9-20)22-6-5-7-26-23(22)12-13-31(26)28(34)35-29(2,3)4;1-17(2,3)23-16(22)21-12-11-13-14(9-8-10-15(13)21)20-24-18(4,5)19(6,7)25-20;1-10-6-16-14(7-11(10)8-18)15(17)9-19(16)12-2-4-13(20)5-3-12/h5-7,14-15,17,20-21,33H,8-13H2,1-4H3;8-10H,11-12H2,1-7H3;6-7,9,12-13,20H,2-5H2,1H3. The van der Waals surface area contributed by atoms with E-state index in [2.05, 4.69) is 67.8 Å². The summed E-state index contributed by atoms with van der Waals surface area (Å²) in [5, 5.41) is 40.7. The van der Waals surface area contributed by atoms with Gasteiger partial charge in [-0.3, -0.25) is 9.80 Å². The predicted octanol–water partition coefficient (Wildman–Crippen LogP) is 13.6. The number of nitrogens with zero attached hydrogens (tertiary/aromatic N) is 6. The van der Waals surface area contributed by atoms with E-state index in [1.807, 2.05) is 126 Å². The zero-order valence-electron chi connectivity index (χ0n) is 48.7. The molecule has 2 amide bonds. The van der Waals surface area contributed by atoms with E-state index in [0.717, 1.165) is 141 Å². The van der Waals surface area contributed by atoms with Crippen molar-refractivity contribution in [3.63, 3.8) is 0 Å². The first-order valence-corrected chi connectivity index (χ1v) is 29.2. The first-order chi connectivity index (χ1) is 37.7. The average molecular weight is 1150 g/mol. The number of anilines is 2. The van der Waals surface area contributed by atoms with Crippen LogP contribution in [0.3, 0.4) is 0 Å². The molecule has 6 aromatic rings. The van der Waals surface area contributed by atoms with Crippen LogP contribution in [0.15, 0.2) is 77.5 Å². The van der Waals surface area contributed by atoms with Gasteiger partial charge in [0.05, 0.1) is 52.4 Å². The highest BCUT2D eigenvalue weighted by atomic mass is 79.9. The summed E-state index contributed by atoms with van der Waals surface area (Å²) in [4.78, 5) is 28.8. The number of aliphatic hydroxyl groups excluding tert-OH is 2. The maximum absolute atomic E-state index is 12.9. The Bertz CT molecular complexity index is 3400. The molecule has 14 nitrogen and oxygen atoms in total. The first kappa shape index (κ1) is 58.5. The minimum atomic E-state index is -0.552. The lowest BCUT2D eigenvalue weighted by atomic mass is 9.75. The fourth-order valence-electron chi connectivity index (χ4n) is 11.8. The number of aromatic nitrogens is 2. The smallest absolute Gasteiger partial charge is 0.443 e. The lowest BCUT2D eigenvalue weighted by Crippen LogP contribution is -2.41. The van der Waals surface area contributed by atoms with Gasteiger partial charge in [0.2, 0.25) is 0 Å². The number of halogens is 1. The van der Waals surface area contributed by atoms with Gasteiger partial charge in [-0.15, -0.1) is 0 Å². The van der Waals surface area contributed by atoms with Gasteiger partial charge in [0.1, 0.15) is 11.2 Å². The van der Waals surface area contributed by atoms with Crippen molar-refractivity contribution in [1.82, 2.24) is 9.13 Å². The molecule has 0 spiro atoms. The molecule has 1 saturated heterocycles. The minimum absolute atomic E-state index is 0.136. The first-order valence-electron chi connectivity index (χ1n) is 28.4. The van der Waals surface area contributed by atoms with E-state index >= 15 is 0 Å². The van der Waals surface area contributed by atoms with Gasteiger partial charge in [0, 0.05) is 75.1 Å². The van der Waals surface area contributed by atoms with Crippen LogP contribution in [0.1, 0.15) is 166 Å². The third-order valence-electron chi connectivity index (χ3n) is 16.8. The number of carbonyl (C=O) groups is 2. The number of hydrogen-bond acceptors (Lipinski definition) is 10. The molecule has 80 heavy (non-hydrogen) atoms. The van der Waals surface area contributed by atoms with Crippen LogP contribution in [0.25, 0.3) is 32.9 Å². The van der Waals surface area contributed by atoms with Gasteiger partial charge in [-0.2, -0.15) is 10.5 Å². The minimum Gasteiger partial charge on any atom is -0.443 e. The largest absolute Gasteiger partial charge is 0.495 e. The van der Waals surface area contributed by atoms with Crippen LogP contribution in [0.5, 0.6) is 0 Å². The summed E-state index contributed by atoms with van der Waals surface area (Å²) in [5.41, 5.74) is 11.1. The number of aryl methyl sites for hydroxylation is 2. The molecular weight excluding hydrogens is 1070 g/mol. The number of fused-ring (bicyclic) bond motifs is 4. The van der Waals surface area contributed by atoms with Crippen molar-refractivity contribution in [2.75, 3.05) is 22.9 Å². The van der Waals surface area contributed by atoms with E-state index < -0.39 is 18.3 Å². The predicted molar refractivity (Wildman–Crippen MR) is 320 cm³/mol. The van der Waals surface area contributed by atoms with Crippen LogP contribution in [0, 0.1) is 36.5 Å². The van der Waals surface area contributed by atoms with E-state index in [0.29, 0.717) is 30.7 Å². The molecule has 5 aliphatic rings. The lowest BCUT2D eigenvalue weighted by molar-refractivity contribution is 0.00578. The van der Waals surface area contributed by atoms with Gasteiger partial charge < -0.3 is 38.1 Å². The number of ether oxygens (including phenoxy) is 2. The van der Waals surface area contributed by atoms with Crippen LogP contribution in [-0.4, -0.2) is 86.4 Å². The summed E-state index contributed by atoms with van der Waals surface area (Å²) in [6.07, 6.45) is 12.1. The lowest BCUT2D eigenvalue weighted by Gasteiger charge is -2.32. The average Bonchev–Trinajstić information content (AvgIpc) is 4.23. The third-order valence-corrected chi connectivity index (χ3v) is 17.4. The van der Waals surface area contributed by atoms with Crippen molar-refractivity contribution >= 4 is 73.9 Å². The monoisotopic (exact) mass is 1150 g/mol. The molecule has 0 radical (unpaired) electrons. The highest BCUT2D eigenvalue weighted by Gasteiger charge is 2.53. The quantitative estimate of drug-likeness (QED) is 0.162. The molecule has 11 rings (SSSR count). The molecule has 0 bridgehead atoms. The summed E-state index contributed by atoms with van der Waals surface area (Å²) in [5.74, 6) is 0. The van der Waals surface area contributed by atoms with Crippen molar-refractivity contribution in [3.05, 3.63) is 111 Å². The number of nitriles is 2. The molecule has 422 valence electrons. The van der Waals surface area contributed by atoms with E-state index in [-0.39, 0.29) is 35.6 Å². The number of benzene rings is 4. The van der Waals surface area contributed by atoms with Crippen LogP contribution in [-0.2, 0) is 31.6 Å². The van der Waals surface area contributed by atoms with Crippen molar-refractivity contribution in [2.45, 2.75) is 194 Å². The molecule has 0 atom stereocenters. The van der Waals surface area contributed by atoms with Gasteiger partial charge in [0.25, 0.3) is 0 Å². The summed E-state index contributed by atoms with van der Waals surface area (Å²) in [6, 6.07) is 25.6. The SMILES string of the molecule is CC(C)(C)OC(=O)N1CCc2c(B3OC(C)(C)C(C)(C)O3)cccc21.Cc1cc2c(cc1C#N)c(-c1cccc3c1CCN3C(=O)OC(C)(C)C)cn2C1CCC(O)CC1.Cc1cc2c(cc1C#N)c(Br)cn2C1CCC(O)CC1. The van der Waals surface area contributed by atoms with E-state index in [1.54, 1.807) is 9.80 Å². The number of rotatable bonds is 4. The van der Waals surface area contributed by atoms with E-state index in [4.69, 9.17) is 24.0 Å². The highest BCUT2D eigenvalue weighted by Crippen LogP contribution is 2.44. The number of amides is 2. The van der Waals surface area contributed by atoms with Crippen molar-refractivity contribution < 1.29 is 38.6 Å². The molecule has 3 fully saturated rings. The highest BCUT2D eigenvalue weighted by molar-refractivity contribution is 9.10. The Labute approximate surface area is 480 Å². The van der Waals surface area contributed by atoms with Crippen LogP contribution in [0.2, 0.25) is 0 Å². The second-order valence-corrected chi connectivity index (χ2v) is 26.2. The molecule has 3 aliphatic heterocycles. The van der Waals surface area contributed by atoms with Gasteiger partial charge in [-0.1, -0.05) is 24.3 Å². The number of hydrogen-bond donors (Lipinski definition) is 2. The van der Waals surface area contributed by atoms with Gasteiger partial charge in [-0.25, -0.2) is 9.59 Å². The second kappa shape index (κ2) is 22.7. The Morgan fingerprint density at radius 3 is 1.56 bits per heavy atom. The van der Waals surface area contributed by atoms with Crippen molar-refractivity contribution in [1.29, 1.82) is 10.5 Å². The fraction of sp³-hybridized carbons (Fsp3) is 0.500. The van der Waals surface area contributed by atoms with Gasteiger partial charge in [0.15, 0.2) is 0 Å². The van der Waals surface area contributed by atoms with Crippen LogP contribution >= 0.6 is 15.9 Å². The Balaban J connectivity index is 0.000000152. The molecular formula is C64H78BBrN6O8. The zero-order valence-corrected chi connectivity index (χ0v) is 50.3. The van der Waals surface area contributed by atoms with Gasteiger partial charge in [-0.05, 0) is 233 Å². The summed E-state index contributed by atoms with van der Waals surface area (Å²) in [6.45, 7) is 24.6. The molecule has 2 N–H and O–H groups in total. The second-order valence-electron chi connectivity index (χ2n) is 25.4. The van der Waals surface area contributed by atoms with E-state index in [9.17, 15) is 25.1 Å². The van der Waals surface area contributed by atoms with E-state index in [1.165, 1.54) is 5.52 Å². The topological polar surface area (TPSA) is 175 Å². The molecule has 2 aromatic heterocycles. The zero-order chi connectivity index (χ0) is 57.8. The number of carbonyl (C=O) groups excluding carboxylic acids is 2. The summed E-state index contributed by atoms with van der Waals surface area (Å²) in [7, 11) is -0.418. The molecule has 5 heterocycles. The fourth-order valence-corrected chi connectivity index (χ4v) is 12.4. The normalized spacial score (nSPS) is 21.2. The molecule has 0 unspecified atom stereocenters.